The minimum atomic E-state index is -1.07. The smallest absolute Gasteiger partial charge is 0.316 e. The summed E-state index contributed by atoms with van der Waals surface area (Å²) in [6, 6.07) is 9.23. The SMILES string of the molecule is COc1cc2c(Oc3ccc(N(C(=O)C(N)=O)C4CCCC4)cc3F)ccnc2cc1OCC1CCNCC1. The van der Waals surface area contributed by atoms with E-state index >= 15 is 4.39 Å². The van der Waals surface area contributed by atoms with Crippen molar-refractivity contribution in [3.05, 3.63) is 48.4 Å². The lowest BCUT2D eigenvalue weighted by molar-refractivity contribution is -0.136. The van der Waals surface area contributed by atoms with Crippen LogP contribution in [0.3, 0.4) is 0 Å². The second-order valence-corrected chi connectivity index (χ2v) is 10.0. The highest BCUT2D eigenvalue weighted by atomic mass is 19.1. The number of carbonyl (C=O) groups excluding carboxylic acids is 2. The van der Waals surface area contributed by atoms with Gasteiger partial charge in [0.15, 0.2) is 23.1 Å². The molecule has 2 aliphatic rings. The molecule has 2 amide bonds. The van der Waals surface area contributed by atoms with Gasteiger partial charge in [0.2, 0.25) is 0 Å². The molecular formula is C29H33FN4O5. The van der Waals surface area contributed by atoms with Crippen LogP contribution >= 0.6 is 0 Å². The van der Waals surface area contributed by atoms with Crippen LogP contribution in [0.5, 0.6) is 23.0 Å². The van der Waals surface area contributed by atoms with Gasteiger partial charge in [-0.15, -0.1) is 0 Å². The van der Waals surface area contributed by atoms with Crippen molar-refractivity contribution in [2.24, 2.45) is 11.7 Å². The van der Waals surface area contributed by atoms with Crippen LogP contribution < -0.4 is 30.2 Å². The monoisotopic (exact) mass is 536 g/mol. The van der Waals surface area contributed by atoms with Crippen LogP contribution in [0.2, 0.25) is 0 Å². The lowest BCUT2D eigenvalue weighted by Crippen LogP contribution is -2.45. The largest absolute Gasteiger partial charge is 0.493 e. The molecule has 1 aromatic heterocycles. The fourth-order valence-electron chi connectivity index (χ4n) is 5.36. The minimum Gasteiger partial charge on any atom is -0.493 e. The zero-order valence-corrected chi connectivity index (χ0v) is 22.0. The summed E-state index contributed by atoms with van der Waals surface area (Å²) < 4.78 is 33.0. The summed E-state index contributed by atoms with van der Waals surface area (Å²) in [5, 5.41) is 3.98. The normalized spacial score (nSPS) is 16.3. The van der Waals surface area contributed by atoms with Crippen molar-refractivity contribution in [1.82, 2.24) is 10.3 Å². The summed E-state index contributed by atoms with van der Waals surface area (Å²) in [5.74, 6) is -0.642. The molecule has 5 rings (SSSR count). The highest BCUT2D eigenvalue weighted by Crippen LogP contribution is 2.39. The molecule has 0 radical (unpaired) electrons. The van der Waals surface area contributed by atoms with E-state index in [0.29, 0.717) is 40.7 Å². The lowest BCUT2D eigenvalue weighted by atomic mass is 9.99. The summed E-state index contributed by atoms with van der Waals surface area (Å²) in [6.45, 7) is 2.57. The number of fused-ring (bicyclic) bond motifs is 1. The number of benzene rings is 2. The van der Waals surface area contributed by atoms with Gasteiger partial charge >= 0.3 is 11.8 Å². The molecule has 1 aliphatic heterocycles. The van der Waals surface area contributed by atoms with Crippen LogP contribution in [0.25, 0.3) is 10.9 Å². The van der Waals surface area contributed by atoms with Crippen LogP contribution in [0.4, 0.5) is 10.1 Å². The molecule has 0 bridgehead atoms. The Balaban J connectivity index is 1.39. The Kier molecular flexibility index (Phi) is 8.11. The third-order valence-electron chi connectivity index (χ3n) is 7.45. The van der Waals surface area contributed by atoms with E-state index in [1.54, 1.807) is 37.6 Å². The molecular weight excluding hydrogens is 503 g/mol. The van der Waals surface area contributed by atoms with Crippen LogP contribution in [0, 0.1) is 11.7 Å². The predicted molar refractivity (Wildman–Crippen MR) is 145 cm³/mol. The number of primary amides is 1. The van der Waals surface area contributed by atoms with Crippen molar-refractivity contribution < 1.29 is 28.2 Å². The number of rotatable bonds is 8. The quantitative estimate of drug-likeness (QED) is 0.412. The number of methoxy groups -OCH3 is 1. The molecule has 2 aromatic carbocycles. The van der Waals surface area contributed by atoms with Gasteiger partial charge in [-0.25, -0.2) is 4.39 Å². The van der Waals surface area contributed by atoms with E-state index in [0.717, 1.165) is 51.6 Å². The Labute approximate surface area is 226 Å². The summed E-state index contributed by atoms with van der Waals surface area (Å²) in [4.78, 5) is 30.0. The number of pyridine rings is 1. The Morgan fingerprint density at radius 2 is 1.79 bits per heavy atom. The van der Waals surface area contributed by atoms with Gasteiger partial charge < -0.3 is 30.2 Å². The number of anilines is 1. The van der Waals surface area contributed by atoms with Gasteiger partial charge in [0.1, 0.15) is 5.75 Å². The van der Waals surface area contributed by atoms with Crippen molar-refractivity contribution in [2.75, 3.05) is 31.7 Å². The number of aromatic nitrogens is 1. The van der Waals surface area contributed by atoms with Crippen molar-refractivity contribution in [2.45, 2.75) is 44.6 Å². The lowest BCUT2D eigenvalue weighted by Gasteiger charge is -2.28. The number of nitrogens with zero attached hydrogens (tertiary/aromatic N) is 2. The number of halogens is 1. The first kappa shape index (κ1) is 26.7. The van der Waals surface area contributed by atoms with Crippen molar-refractivity contribution >= 4 is 28.4 Å². The fourth-order valence-corrected chi connectivity index (χ4v) is 5.36. The molecule has 1 saturated heterocycles. The fraction of sp³-hybridized carbons (Fsp3) is 0.414. The number of hydrogen-bond donors (Lipinski definition) is 2. The van der Waals surface area contributed by atoms with Gasteiger partial charge in [-0.1, -0.05) is 12.8 Å². The van der Waals surface area contributed by atoms with E-state index in [1.165, 1.54) is 17.0 Å². The van der Waals surface area contributed by atoms with Gasteiger partial charge in [0.25, 0.3) is 0 Å². The molecule has 39 heavy (non-hydrogen) atoms. The number of amides is 2. The van der Waals surface area contributed by atoms with E-state index in [9.17, 15) is 9.59 Å². The second kappa shape index (κ2) is 11.9. The minimum absolute atomic E-state index is 0.0330. The molecule has 1 saturated carbocycles. The van der Waals surface area contributed by atoms with Crippen molar-refractivity contribution in [3.8, 4) is 23.0 Å². The zero-order chi connectivity index (χ0) is 27.4. The van der Waals surface area contributed by atoms with Crippen LogP contribution in [0.1, 0.15) is 38.5 Å². The van der Waals surface area contributed by atoms with E-state index in [2.05, 4.69) is 10.3 Å². The first-order chi connectivity index (χ1) is 18.9. The van der Waals surface area contributed by atoms with Gasteiger partial charge in [-0.3, -0.25) is 14.6 Å². The third-order valence-corrected chi connectivity index (χ3v) is 7.45. The van der Waals surface area contributed by atoms with E-state index in [4.69, 9.17) is 19.9 Å². The topological polar surface area (TPSA) is 116 Å². The number of nitrogens with one attached hydrogen (secondary N) is 1. The number of ether oxygens (including phenoxy) is 3. The average Bonchev–Trinajstić information content (AvgIpc) is 3.48. The van der Waals surface area contributed by atoms with E-state index in [1.807, 2.05) is 0 Å². The summed E-state index contributed by atoms with van der Waals surface area (Å²) in [5.41, 5.74) is 6.17. The third kappa shape index (κ3) is 5.90. The maximum atomic E-state index is 15.3. The molecule has 0 unspecified atom stereocenters. The van der Waals surface area contributed by atoms with Gasteiger partial charge in [-0.05, 0) is 69.0 Å². The molecule has 9 nitrogen and oxygen atoms in total. The van der Waals surface area contributed by atoms with Crippen LogP contribution in [0.15, 0.2) is 42.6 Å². The van der Waals surface area contributed by atoms with Gasteiger partial charge in [-0.2, -0.15) is 0 Å². The maximum Gasteiger partial charge on any atom is 0.316 e. The Morgan fingerprint density at radius 3 is 2.49 bits per heavy atom. The molecule has 2 heterocycles. The number of piperidine rings is 1. The van der Waals surface area contributed by atoms with Crippen molar-refractivity contribution in [3.63, 3.8) is 0 Å². The Hall–Kier alpha value is -3.92. The average molecular weight is 537 g/mol. The van der Waals surface area contributed by atoms with E-state index < -0.39 is 17.6 Å². The molecule has 10 heteroatoms. The molecule has 3 N–H and O–H groups in total. The molecule has 0 spiro atoms. The number of nitrogens with two attached hydrogens (primary N) is 1. The van der Waals surface area contributed by atoms with Crippen molar-refractivity contribution in [1.29, 1.82) is 0 Å². The first-order valence-corrected chi connectivity index (χ1v) is 13.3. The van der Waals surface area contributed by atoms with Gasteiger partial charge in [0.05, 0.1) is 19.2 Å². The summed E-state index contributed by atoms with van der Waals surface area (Å²) in [6.07, 6.45) is 7.03. The molecule has 1 aliphatic carbocycles. The molecule has 3 aromatic rings. The molecule has 206 valence electrons. The second-order valence-electron chi connectivity index (χ2n) is 10.0. The zero-order valence-electron chi connectivity index (χ0n) is 22.0. The summed E-state index contributed by atoms with van der Waals surface area (Å²) in [7, 11) is 1.57. The molecule has 0 atom stereocenters. The standard InChI is InChI=1S/C29H33FN4O5/c1-37-26-15-21-23(16-27(26)38-17-18-8-11-32-12-9-18)33-13-10-24(21)39-25-7-6-20(14-22(25)30)34(29(36)28(31)35)19-4-2-3-5-19/h6-7,10,13-16,18-19,32H,2-5,8-9,11-12,17H2,1H3,(H2,31,35). The Morgan fingerprint density at radius 1 is 1.03 bits per heavy atom. The maximum absolute atomic E-state index is 15.3. The highest BCUT2D eigenvalue weighted by molar-refractivity contribution is 6.40. The first-order valence-electron chi connectivity index (χ1n) is 13.3. The Bertz CT molecular complexity index is 1360. The predicted octanol–water partition coefficient (Wildman–Crippen LogP) is 4.31. The van der Waals surface area contributed by atoms with E-state index in [-0.39, 0.29) is 17.5 Å². The van der Waals surface area contributed by atoms with Gasteiger partial charge in [0, 0.05) is 35.4 Å². The number of carbonyl (C=O) groups is 2. The molecule has 2 fully saturated rings. The summed E-state index contributed by atoms with van der Waals surface area (Å²) >= 11 is 0. The van der Waals surface area contributed by atoms with Crippen LogP contribution in [-0.4, -0.2) is 49.6 Å². The van der Waals surface area contributed by atoms with Crippen LogP contribution in [-0.2, 0) is 9.59 Å². The highest BCUT2D eigenvalue weighted by Gasteiger charge is 2.31. The number of hydrogen-bond acceptors (Lipinski definition) is 7.